The number of rotatable bonds is 5. The van der Waals surface area contributed by atoms with Gasteiger partial charge in [-0.05, 0) is 24.5 Å². The minimum atomic E-state index is -0.804. The topological polar surface area (TPSA) is 76.2 Å². The summed E-state index contributed by atoms with van der Waals surface area (Å²) in [6.45, 7) is 0. The molecular formula is C14H16N2O2. The van der Waals surface area contributed by atoms with Gasteiger partial charge in [0.05, 0.1) is 5.52 Å². The van der Waals surface area contributed by atoms with E-state index in [1.54, 1.807) is 6.20 Å². The van der Waals surface area contributed by atoms with Gasteiger partial charge in [0.15, 0.2) is 0 Å². The lowest BCUT2D eigenvalue weighted by Crippen LogP contribution is -2.24. The number of nitrogens with two attached hydrogens (primary N) is 1. The molecule has 0 amide bonds. The average Bonchev–Trinajstić information content (AvgIpc) is 2.37. The van der Waals surface area contributed by atoms with E-state index in [0.29, 0.717) is 12.8 Å². The predicted molar refractivity (Wildman–Crippen MR) is 70.3 cm³/mol. The molecule has 94 valence electrons. The van der Waals surface area contributed by atoms with Gasteiger partial charge in [-0.25, -0.2) is 0 Å². The summed E-state index contributed by atoms with van der Waals surface area (Å²) in [5, 5.41) is 9.72. The maximum absolute atomic E-state index is 10.5. The zero-order valence-electron chi connectivity index (χ0n) is 10.0. The first kappa shape index (κ1) is 12.5. The summed E-state index contributed by atoms with van der Waals surface area (Å²) in [6.07, 6.45) is 3.01. The van der Waals surface area contributed by atoms with Gasteiger partial charge in [0, 0.05) is 24.0 Å². The fourth-order valence-electron chi connectivity index (χ4n) is 2.03. The number of pyridine rings is 1. The Morgan fingerprint density at radius 3 is 2.89 bits per heavy atom. The Kier molecular flexibility index (Phi) is 3.89. The van der Waals surface area contributed by atoms with Crippen LogP contribution in [0.25, 0.3) is 10.9 Å². The molecule has 2 rings (SSSR count). The molecule has 18 heavy (non-hydrogen) atoms. The maximum Gasteiger partial charge on any atom is 0.303 e. The Labute approximate surface area is 105 Å². The van der Waals surface area contributed by atoms with Gasteiger partial charge in [0.1, 0.15) is 0 Å². The first-order chi connectivity index (χ1) is 8.66. The Hall–Kier alpha value is -1.94. The Bertz CT molecular complexity index is 549. The second kappa shape index (κ2) is 5.60. The van der Waals surface area contributed by atoms with Crippen LogP contribution < -0.4 is 5.73 Å². The second-order valence-electron chi connectivity index (χ2n) is 4.39. The number of carboxylic acids is 1. The van der Waals surface area contributed by atoms with Crippen LogP contribution in [-0.4, -0.2) is 22.1 Å². The molecule has 0 radical (unpaired) electrons. The number of hydrogen-bond donors (Lipinski definition) is 2. The predicted octanol–water partition coefficient (Wildman–Crippen LogP) is 1.97. The van der Waals surface area contributed by atoms with Crippen molar-refractivity contribution < 1.29 is 9.90 Å². The minimum absolute atomic E-state index is 0.110. The van der Waals surface area contributed by atoms with Crippen LogP contribution in [0.5, 0.6) is 0 Å². The van der Waals surface area contributed by atoms with Crippen molar-refractivity contribution in [2.24, 2.45) is 5.73 Å². The molecule has 1 unspecified atom stereocenters. The quantitative estimate of drug-likeness (QED) is 0.843. The van der Waals surface area contributed by atoms with Crippen LogP contribution in [0, 0.1) is 0 Å². The van der Waals surface area contributed by atoms with E-state index in [9.17, 15) is 4.79 Å². The van der Waals surface area contributed by atoms with Crippen LogP contribution >= 0.6 is 0 Å². The lowest BCUT2D eigenvalue weighted by atomic mass is 10.00. The van der Waals surface area contributed by atoms with Gasteiger partial charge in [-0.3, -0.25) is 9.78 Å². The second-order valence-corrected chi connectivity index (χ2v) is 4.39. The number of carbonyl (C=O) groups is 1. The highest BCUT2D eigenvalue weighted by Crippen LogP contribution is 2.17. The molecule has 4 heteroatoms. The van der Waals surface area contributed by atoms with Gasteiger partial charge in [0.25, 0.3) is 0 Å². The van der Waals surface area contributed by atoms with Gasteiger partial charge in [-0.15, -0.1) is 0 Å². The maximum atomic E-state index is 10.5. The summed E-state index contributed by atoms with van der Waals surface area (Å²) in [5.41, 5.74) is 7.98. The number of fused-ring (bicyclic) bond motifs is 1. The Morgan fingerprint density at radius 2 is 2.11 bits per heavy atom. The number of aromatic nitrogens is 1. The van der Waals surface area contributed by atoms with Crippen LogP contribution in [0.3, 0.4) is 0 Å². The van der Waals surface area contributed by atoms with Crippen molar-refractivity contribution >= 4 is 16.9 Å². The summed E-state index contributed by atoms with van der Waals surface area (Å²) >= 11 is 0. The standard InChI is InChI=1S/C14H16N2O2/c15-12(6-7-13(17)18)9-11-4-1-3-10-5-2-8-16-14(10)11/h1-5,8,12H,6-7,9,15H2,(H,17,18). The lowest BCUT2D eigenvalue weighted by molar-refractivity contribution is -0.137. The van der Waals surface area contributed by atoms with Crippen molar-refractivity contribution in [3.63, 3.8) is 0 Å². The fraction of sp³-hybridized carbons (Fsp3) is 0.286. The Morgan fingerprint density at radius 1 is 1.33 bits per heavy atom. The molecule has 4 nitrogen and oxygen atoms in total. The molecule has 1 aromatic heterocycles. The summed E-state index contributed by atoms with van der Waals surface area (Å²) in [7, 11) is 0. The highest BCUT2D eigenvalue weighted by molar-refractivity contribution is 5.81. The molecule has 0 spiro atoms. The largest absolute Gasteiger partial charge is 0.481 e. The smallest absolute Gasteiger partial charge is 0.303 e. The van der Waals surface area contributed by atoms with Gasteiger partial charge >= 0.3 is 5.97 Å². The molecule has 1 atom stereocenters. The van der Waals surface area contributed by atoms with E-state index in [-0.39, 0.29) is 12.5 Å². The molecule has 0 saturated heterocycles. The van der Waals surface area contributed by atoms with Crippen LogP contribution in [0.4, 0.5) is 0 Å². The van der Waals surface area contributed by atoms with Crippen LogP contribution in [0.1, 0.15) is 18.4 Å². The third-order valence-corrected chi connectivity index (χ3v) is 2.93. The van der Waals surface area contributed by atoms with E-state index in [4.69, 9.17) is 10.8 Å². The first-order valence-corrected chi connectivity index (χ1v) is 5.97. The molecule has 1 heterocycles. The molecule has 0 aliphatic rings. The fourth-order valence-corrected chi connectivity index (χ4v) is 2.03. The molecule has 0 saturated carbocycles. The molecule has 0 aliphatic heterocycles. The summed E-state index contributed by atoms with van der Waals surface area (Å²) in [6, 6.07) is 9.74. The SMILES string of the molecule is NC(CCC(=O)O)Cc1cccc2cccnc12. The number of benzene rings is 1. The number of carboxylic acid groups (broad SMARTS) is 1. The Balaban J connectivity index is 2.14. The van der Waals surface area contributed by atoms with Crippen molar-refractivity contribution in [1.29, 1.82) is 0 Å². The third-order valence-electron chi connectivity index (χ3n) is 2.93. The van der Waals surface area contributed by atoms with E-state index in [1.807, 2.05) is 30.3 Å². The molecule has 0 bridgehead atoms. The highest BCUT2D eigenvalue weighted by Gasteiger charge is 2.09. The van der Waals surface area contributed by atoms with E-state index < -0.39 is 5.97 Å². The minimum Gasteiger partial charge on any atom is -0.481 e. The summed E-state index contributed by atoms with van der Waals surface area (Å²) in [4.78, 5) is 14.9. The van der Waals surface area contributed by atoms with Gasteiger partial charge in [-0.1, -0.05) is 24.3 Å². The molecular weight excluding hydrogens is 228 g/mol. The van der Waals surface area contributed by atoms with E-state index >= 15 is 0 Å². The molecule has 3 N–H and O–H groups in total. The van der Waals surface area contributed by atoms with Gasteiger partial charge in [0.2, 0.25) is 0 Å². The van der Waals surface area contributed by atoms with Crippen LogP contribution in [-0.2, 0) is 11.2 Å². The third kappa shape index (κ3) is 3.05. The normalized spacial score (nSPS) is 12.5. The van der Waals surface area contributed by atoms with Crippen molar-refractivity contribution in [2.75, 3.05) is 0 Å². The van der Waals surface area contributed by atoms with Gasteiger partial charge in [-0.2, -0.15) is 0 Å². The lowest BCUT2D eigenvalue weighted by Gasteiger charge is -2.11. The molecule has 2 aromatic rings. The zero-order valence-corrected chi connectivity index (χ0v) is 10.0. The number of hydrogen-bond acceptors (Lipinski definition) is 3. The summed E-state index contributed by atoms with van der Waals surface area (Å²) < 4.78 is 0. The zero-order chi connectivity index (χ0) is 13.0. The van der Waals surface area contributed by atoms with E-state index in [0.717, 1.165) is 16.5 Å². The number of aliphatic carboxylic acids is 1. The van der Waals surface area contributed by atoms with Crippen molar-refractivity contribution in [2.45, 2.75) is 25.3 Å². The van der Waals surface area contributed by atoms with Crippen molar-refractivity contribution in [1.82, 2.24) is 4.98 Å². The van der Waals surface area contributed by atoms with Crippen molar-refractivity contribution in [3.05, 3.63) is 42.1 Å². The molecule has 0 fully saturated rings. The van der Waals surface area contributed by atoms with Crippen LogP contribution in [0.15, 0.2) is 36.5 Å². The summed E-state index contributed by atoms with van der Waals surface area (Å²) in [5.74, 6) is -0.804. The van der Waals surface area contributed by atoms with Crippen molar-refractivity contribution in [3.8, 4) is 0 Å². The average molecular weight is 244 g/mol. The highest BCUT2D eigenvalue weighted by atomic mass is 16.4. The first-order valence-electron chi connectivity index (χ1n) is 5.97. The molecule has 1 aromatic carbocycles. The molecule has 0 aliphatic carbocycles. The van der Waals surface area contributed by atoms with Crippen LogP contribution in [0.2, 0.25) is 0 Å². The number of para-hydroxylation sites is 1. The monoisotopic (exact) mass is 244 g/mol. The van der Waals surface area contributed by atoms with E-state index in [2.05, 4.69) is 4.98 Å². The van der Waals surface area contributed by atoms with Gasteiger partial charge < -0.3 is 10.8 Å². The number of nitrogens with zero attached hydrogens (tertiary/aromatic N) is 1. The van der Waals surface area contributed by atoms with E-state index in [1.165, 1.54) is 0 Å².